The van der Waals surface area contributed by atoms with Crippen LogP contribution in [0.25, 0.3) is 0 Å². The van der Waals surface area contributed by atoms with Gasteiger partial charge in [-0.15, -0.1) is 0 Å². The van der Waals surface area contributed by atoms with Crippen molar-refractivity contribution in [2.45, 2.75) is 19.8 Å². The predicted octanol–water partition coefficient (Wildman–Crippen LogP) is 1.35. The van der Waals surface area contributed by atoms with Gasteiger partial charge in [-0.3, -0.25) is 5.32 Å². The van der Waals surface area contributed by atoms with Crippen LogP contribution in [0, 0.1) is 0 Å². The highest BCUT2D eigenvalue weighted by atomic mass is 16.2. The third-order valence-electron chi connectivity index (χ3n) is 1.79. The Balaban J connectivity index is 2.69. The molecule has 0 aromatic carbocycles. The van der Waals surface area contributed by atoms with E-state index in [2.05, 4.69) is 34.4 Å². The number of carbonyl (C=O) groups excluding carboxylic acids is 1. The first-order valence-electron chi connectivity index (χ1n) is 4.44. The minimum Gasteiger partial charge on any atom is -0.341 e. The van der Waals surface area contributed by atoms with Gasteiger partial charge in [-0.25, -0.2) is 14.8 Å². The van der Waals surface area contributed by atoms with Gasteiger partial charge in [0.25, 0.3) is 0 Å². The van der Waals surface area contributed by atoms with E-state index in [4.69, 9.17) is 0 Å². The standard InChI is InChI=1S/C9H14N4O/c1-6(2)7-4-11-8(12-5-7)13-9(14)10-3/h4-6H,1-3H3,(H2,10,11,12,13,14). The van der Waals surface area contributed by atoms with Gasteiger partial charge in [-0.2, -0.15) is 0 Å². The summed E-state index contributed by atoms with van der Waals surface area (Å²) in [6.45, 7) is 4.12. The third kappa shape index (κ3) is 2.69. The molecule has 1 aromatic rings. The summed E-state index contributed by atoms with van der Waals surface area (Å²) in [5, 5.41) is 4.91. The van der Waals surface area contributed by atoms with Crippen LogP contribution in [0.1, 0.15) is 25.3 Å². The van der Waals surface area contributed by atoms with Crippen LogP contribution in [0.15, 0.2) is 12.4 Å². The smallest absolute Gasteiger partial charge is 0.321 e. The summed E-state index contributed by atoms with van der Waals surface area (Å²) in [6.07, 6.45) is 3.42. The first-order chi connectivity index (χ1) is 6.63. The zero-order chi connectivity index (χ0) is 10.6. The Morgan fingerprint density at radius 2 is 1.93 bits per heavy atom. The maximum absolute atomic E-state index is 10.9. The molecule has 0 spiro atoms. The third-order valence-corrected chi connectivity index (χ3v) is 1.79. The van der Waals surface area contributed by atoms with E-state index >= 15 is 0 Å². The Kier molecular flexibility index (Phi) is 3.39. The van der Waals surface area contributed by atoms with Crippen molar-refractivity contribution in [3.05, 3.63) is 18.0 Å². The lowest BCUT2D eigenvalue weighted by Crippen LogP contribution is -2.25. The largest absolute Gasteiger partial charge is 0.341 e. The number of urea groups is 1. The number of nitrogens with one attached hydrogen (secondary N) is 2. The van der Waals surface area contributed by atoms with Crippen LogP contribution in [0.3, 0.4) is 0 Å². The molecular formula is C9H14N4O. The molecule has 0 fully saturated rings. The zero-order valence-corrected chi connectivity index (χ0v) is 8.53. The average Bonchev–Trinajstić information content (AvgIpc) is 2.18. The van der Waals surface area contributed by atoms with Crippen molar-refractivity contribution in [1.29, 1.82) is 0 Å². The van der Waals surface area contributed by atoms with Gasteiger partial charge in [0.2, 0.25) is 5.95 Å². The molecule has 0 atom stereocenters. The van der Waals surface area contributed by atoms with Crippen LogP contribution in [0.2, 0.25) is 0 Å². The summed E-state index contributed by atoms with van der Waals surface area (Å²) < 4.78 is 0. The van der Waals surface area contributed by atoms with Crippen molar-refractivity contribution < 1.29 is 4.79 Å². The van der Waals surface area contributed by atoms with Gasteiger partial charge in [-0.1, -0.05) is 13.8 Å². The van der Waals surface area contributed by atoms with E-state index in [9.17, 15) is 4.79 Å². The van der Waals surface area contributed by atoms with Crippen LogP contribution in [-0.4, -0.2) is 23.0 Å². The van der Waals surface area contributed by atoms with Crippen molar-refractivity contribution in [1.82, 2.24) is 15.3 Å². The fourth-order valence-electron chi connectivity index (χ4n) is 0.865. The SMILES string of the molecule is CNC(=O)Nc1ncc(C(C)C)cn1. The number of rotatable bonds is 2. The molecule has 0 unspecified atom stereocenters. The molecule has 2 N–H and O–H groups in total. The maximum atomic E-state index is 10.9. The number of amides is 2. The van der Waals surface area contributed by atoms with Gasteiger partial charge < -0.3 is 5.32 Å². The lowest BCUT2D eigenvalue weighted by Gasteiger charge is -2.05. The molecule has 0 aliphatic carbocycles. The van der Waals surface area contributed by atoms with Crippen LogP contribution in [0.5, 0.6) is 0 Å². The molecule has 0 saturated carbocycles. The molecule has 0 radical (unpaired) electrons. The molecule has 1 aromatic heterocycles. The first kappa shape index (κ1) is 10.4. The van der Waals surface area contributed by atoms with Crippen molar-refractivity contribution in [3.63, 3.8) is 0 Å². The van der Waals surface area contributed by atoms with Gasteiger partial charge in [0.05, 0.1) is 0 Å². The van der Waals surface area contributed by atoms with Crippen LogP contribution < -0.4 is 10.6 Å². The highest BCUT2D eigenvalue weighted by Gasteiger charge is 2.03. The molecule has 2 amide bonds. The summed E-state index contributed by atoms with van der Waals surface area (Å²) in [6, 6.07) is -0.317. The Morgan fingerprint density at radius 3 is 2.36 bits per heavy atom. The predicted molar refractivity (Wildman–Crippen MR) is 54.2 cm³/mol. The van der Waals surface area contributed by atoms with Gasteiger partial charge in [0.15, 0.2) is 0 Å². The van der Waals surface area contributed by atoms with Gasteiger partial charge in [0.1, 0.15) is 0 Å². The molecule has 14 heavy (non-hydrogen) atoms. The lowest BCUT2D eigenvalue weighted by molar-refractivity contribution is 0.254. The summed E-state index contributed by atoms with van der Waals surface area (Å²) in [7, 11) is 1.54. The molecule has 5 nitrogen and oxygen atoms in total. The number of hydrogen-bond donors (Lipinski definition) is 2. The highest BCUT2D eigenvalue weighted by molar-refractivity contribution is 5.86. The first-order valence-corrected chi connectivity index (χ1v) is 4.44. The summed E-state index contributed by atoms with van der Waals surface area (Å²) in [5.41, 5.74) is 1.05. The topological polar surface area (TPSA) is 66.9 Å². The van der Waals surface area contributed by atoms with Crippen molar-refractivity contribution >= 4 is 12.0 Å². The monoisotopic (exact) mass is 194 g/mol. The molecular weight excluding hydrogens is 180 g/mol. The quantitative estimate of drug-likeness (QED) is 0.746. The van der Waals surface area contributed by atoms with Gasteiger partial charge in [0, 0.05) is 19.4 Å². The molecule has 1 rings (SSSR count). The van der Waals surface area contributed by atoms with Crippen LogP contribution in [-0.2, 0) is 0 Å². The highest BCUT2D eigenvalue weighted by Crippen LogP contribution is 2.11. The zero-order valence-electron chi connectivity index (χ0n) is 8.53. The van der Waals surface area contributed by atoms with E-state index in [1.807, 2.05) is 0 Å². The van der Waals surface area contributed by atoms with E-state index in [1.165, 1.54) is 7.05 Å². The fraction of sp³-hybridized carbons (Fsp3) is 0.444. The number of anilines is 1. The summed E-state index contributed by atoms with van der Waals surface area (Å²) in [5.74, 6) is 0.706. The number of hydrogen-bond acceptors (Lipinski definition) is 3. The van der Waals surface area contributed by atoms with Crippen molar-refractivity contribution in [2.24, 2.45) is 0 Å². The Morgan fingerprint density at radius 1 is 1.36 bits per heavy atom. The van der Waals surface area contributed by atoms with Crippen molar-refractivity contribution in [3.8, 4) is 0 Å². The lowest BCUT2D eigenvalue weighted by atomic mass is 10.1. The Bertz CT molecular complexity index is 307. The van der Waals surface area contributed by atoms with E-state index in [-0.39, 0.29) is 6.03 Å². The molecule has 76 valence electrons. The molecule has 5 heteroatoms. The van der Waals surface area contributed by atoms with Gasteiger partial charge >= 0.3 is 6.03 Å². The molecule has 0 aliphatic rings. The van der Waals surface area contributed by atoms with E-state index < -0.39 is 0 Å². The maximum Gasteiger partial charge on any atom is 0.321 e. The second-order valence-corrected chi connectivity index (χ2v) is 3.20. The fourth-order valence-corrected chi connectivity index (χ4v) is 0.865. The average molecular weight is 194 g/mol. The summed E-state index contributed by atoms with van der Waals surface area (Å²) in [4.78, 5) is 18.9. The molecule has 1 heterocycles. The minimum absolute atomic E-state index is 0.314. The molecule has 0 aliphatic heterocycles. The second kappa shape index (κ2) is 4.55. The minimum atomic E-state index is -0.317. The van der Waals surface area contributed by atoms with E-state index in [1.54, 1.807) is 12.4 Å². The van der Waals surface area contributed by atoms with Crippen LogP contribution in [0.4, 0.5) is 10.7 Å². The molecule has 0 bridgehead atoms. The summed E-state index contributed by atoms with van der Waals surface area (Å²) >= 11 is 0. The number of nitrogens with zero attached hydrogens (tertiary/aromatic N) is 2. The Labute approximate surface area is 83.0 Å². The van der Waals surface area contributed by atoms with Crippen LogP contribution >= 0.6 is 0 Å². The Hall–Kier alpha value is -1.65. The van der Waals surface area contributed by atoms with E-state index in [0.29, 0.717) is 11.9 Å². The number of carbonyl (C=O) groups is 1. The van der Waals surface area contributed by atoms with Crippen molar-refractivity contribution in [2.75, 3.05) is 12.4 Å². The normalized spacial score (nSPS) is 10.0. The number of aromatic nitrogens is 2. The second-order valence-electron chi connectivity index (χ2n) is 3.20. The molecule has 0 saturated heterocycles. The van der Waals surface area contributed by atoms with E-state index in [0.717, 1.165) is 5.56 Å². The van der Waals surface area contributed by atoms with Gasteiger partial charge in [-0.05, 0) is 11.5 Å².